The molecule has 1 amide bonds. The lowest BCUT2D eigenvalue weighted by Gasteiger charge is -2.21. The second kappa shape index (κ2) is 7.84. The summed E-state index contributed by atoms with van der Waals surface area (Å²) in [5, 5.41) is -1.77. The molecule has 1 atom stereocenters. The van der Waals surface area contributed by atoms with Gasteiger partial charge in [-0.1, -0.05) is 0 Å². The van der Waals surface area contributed by atoms with Gasteiger partial charge in [0.2, 0.25) is 5.91 Å². The fourth-order valence-electron chi connectivity index (χ4n) is 2.81. The van der Waals surface area contributed by atoms with E-state index in [0.717, 1.165) is 0 Å². The van der Waals surface area contributed by atoms with Gasteiger partial charge in [0.1, 0.15) is 11.0 Å². The fraction of sp³-hybridized carbons (Fsp3) is 0.500. The van der Waals surface area contributed by atoms with E-state index in [1.54, 1.807) is 0 Å². The van der Waals surface area contributed by atoms with Gasteiger partial charge in [-0.05, 0) is 31.5 Å². The van der Waals surface area contributed by atoms with E-state index in [4.69, 9.17) is 0 Å². The van der Waals surface area contributed by atoms with Gasteiger partial charge in [-0.3, -0.25) is 9.59 Å². The molecule has 1 aromatic rings. The lowest BCUT2D eigenvalue weighted by Crippen LogP contribution is -2.37. The van der Waals surface area contributed by atoms with Crippen LogP contribution in [-0.4, -0.2) is 44.4 Å². The number of carbonyl (C=O) groups excluding carboxylic acids is 2. The van der Waals surface area contributed by atoms with Crippen LogP contribution >= 0.6 is 0 Å². The Labute approximate surface area is 161 Å². The van der Waals surface area contributed by atoms with Gasteiger partial charge in [-0.15, -0.1) is 0 Å². The summed E-state index contributed by atoms with van der Waals surface area (Å²) in [6.45, 7) is 0.895. The molecule has 1 aliphatic rings. The van der Waals surface area contributed by atoms with Crippen LogP contribution in [0.4, 0.5) is 32.0 Å². The van der Waals surface area contributed by atoms with Crippen molar-refractivity contribution in [2.24, 2.45) is 0 Å². The van der Waals surface area contributed by atoms with E-state index in [0.29, 0.717) is 17.0 Å². The van der Waals surface area contributed by atoms with Crippen molar-refractivity contribution in [3.8, 4) is 0 Å². The van der Waals surface area contributed by atoms with Crippen molar-refractivity contribution >= 4 is 27.4 Å². The quantitative estimate of drug-likeness (QED) is 0.512. The van der Waals surface area contributed by atoms with E-state index in [2.05, 4.69) is 4.74 Å². The number of nitrogens with zero attached hydrogens (tertiary/aromatic N) is 1. The van der Waals surface area contributed by atoms with Crippen LogP contribution < -0.4 is 4.90 Å². The highest BCUT2D eigenvalue weighted by Gasteiger charge is 2.44. The Morgan fingerprint density at radius 3 is 2.07 bits per heavy atom. The number of halogens is 6. The molecule has 0 bridgehead atoms. The second-order valence-corrected chi connectivity index (χ2v) is 8.33. The Morgan fingerprint density at radius 2 is 1.62 bits per heavy atom. The first kappa shape index (κ1) is 23.0. The van der Waals surface area contributed by atoms with Crippen LogP contribution in [0.3, 0.4) is 0 Å². The molecule has 29 heavy (non-hydrogen) atoms. The minimum atomic E-state index is -5.12. The molecule has 0 N–H and O–H groups in total. The van der Waals surface area contributed by atoms with E-state index >= 15 is 0 Å². The highest BCUT2D eigenvalue weighted by Crippen LogP contribution is 2.39. The number of rotatable bonds is 5. The van der Waals surface area contributed by atoms with Gasteiger partial charge in [0, 0.05) is 12.2 Å². The molecular formula is C16H15F6NO5S. The number of esters is 1. The maximum atomic E-state index is 13.0. The summed E-state index contributed by atoms with van der Waals surface area (Å²) in [7, 11) is -4.36. The number of ether oxygens (including phenoxy) is 1. The minimum Gasteiger partial charge on any atom is -0.465 e. The van der Waals surface area contributed by atoms with Gasteiger partial charge in [-0.25, -0.2) is 8.42 Å². The Morgan fingerprint density at radius 1 is 1.10 bits per heavy atom. The lowest BCUT2D eigenvalue weighted by molar-refractivity contribution is -0.143. The average Bonchev–Trinajstić information content (AvgIpc) is 2.95. The predicted octanol–water partition coefficient (Wildman–Crippen LogP) is 2.81. The standard InChI is InChI=1S/C16H15F6NO5S/c1-2-28-13(24)8-29(26,27)12-3-4-23(14(12)25)11-6-9(15(17,18)19)5-10(7-11)16(20,21)22/h5-7,12H,2-4,8H2,1H3. The molecule has 1 aliphatic heterocycles. The van der Waals surface area contributed by atoms with Crippen molar-refractivity contribution < 1.29 is 49.1 Å². The second-order valence-electron chi connectivity index (χ2n) is 6.14. The predicted molar refractivity (Wildman–Crippen MR) is 87.6 cm³/mol. The number of amides is 1. The van der Waals surface area contributed by atoms with Crippen molar-refractivity contribution in [2.45, 2.75) is 30.9 Å². The van der Waals surface area contributed by atoms with Crippen molar-refractivity contribution in [1.82, 2.24) is 0 Å². The number of carbonyl (C=O) groups is 2. The zero-order valence-corrected chi connectivity index (χ0v) is 15.6. The first-order chi connectivity index (χ1) is 13.2. The van der Waals surface area contributed by atoms with Gasteiger partial charge < -0.3 is 9.64 Å². The summed E-state index contributed by atoms with van der Waals surface area (Å²) >= 11 is 0. The van der Waals surface area contributed by atoms with Crippen molar-refractivity contribution in [3.05, 3.63) is 29.3 Å². The highest BCUT2D eigenvalue weighted by atomic mass is 32.2. The topological polar surface area (TPSA) is 80.8 Å². The Balaban J connectivity index is 2.39. The fourth-order valence-corrected chi connectivity index (χ4v) is 4.32. The van der Waals surface area contributed by atoms with Gasteiger partial charge >= 0.3 is 18.3 Å². The Hall–Kier alpha value is -2.31. The smallest absolute Gasteiger partial charge is 0.416 e. The summed E-state index contributed by atoms with van der Waals surface area (Å²) in [6, 6.07) is 0.583. The molecule has 2 rings (SSSR count). The van der Waals surface area contributed by atoms with Crippen LogP contribution in [0.1, 0.15) is 24.5 Å². The summed E-state index contributed by atoms with van der Waals surface area (Å²) in [6.07, 6.45) is -10.6. The summed E-state index contributed by atoms with van der Waals surface area (Å²) < 4.78 is 107. The summed E-state index contributed by atoms with van der Waals surface area (Å²) in [5.74, 6) is -3.44. The number of hydrogen-bond donors (Lipinski definition) is 0. The van der Waals surface area contributed by atoms with E-state index in [9.17, 15) is 44.3 Å². The van der Waals surface area contributed by atoms with E-state index in [1.807, 2.05) is 0 Å². The summed E-state index contributed by atoms with van der Waals surface area (Å²) in [4.78, 5) is 24.4. The van der Waals surface area contributed by atoms with Gasteiger partial charge in [-0.2, -0.15) is 26.3 Å². The molecule has 1 heterocycles. The lowest BCUT2D eigenvalue weighted by atomic mass is 10.1. The number of hydrogen-bond acceptors (Lipinski definition) is 5. The number of sulfone groups is 1. The largest absolute Gasteiger partial charge is 0.465 e. The van der Waals surface area contributed by atoms with E-state index in [1.165, 1.54) is 6.92 Å². The SMILES string of the molecule is CCOC(=O)CS(=O)(=O)C1CCN(c2cc(C(F)(F)F)cc(C(F)(F)F)c2)C1=O. The molecule has 13 heteroatoms. The molecule has 0 saturated carbocycles. The molecule has 1 saturated heterocycles. The van der Waals surface area contributed by atoms with Crippen LogP contribution in [0.15, 0.2) is 18.2 Å². The van der Waals surface area contributed by atoms with Crippen molar-refractivity contribution in [3.63, 3.8) is 0 Å². The third-order valence-electron chi connectivity index (χ3n) is 4.10. The molecule has 0 aliphatic carbocycles. The van der Waals surface area contributed by atoms with Crippen LogP contribution in [0.5, 0.6) is 0 Å². The first-order valence-electron chi connectivity index (χ1n) is 8.15. The average molecular weight is 447 g/mol. The van der Waals surface area contributed by atoms with Gasteiger partial charge in [0.05, 0.1) is 17.7 Å². The zero-order valence-electron chi connectivity index (χ0n) is 14.8. The number of alkyl halides is 6. The molecule has 0 spiro atoms. The van der Waals surface area contributed by atoms with Gasteiger partial charge in [0.15, 0.2) is 9.84 Å². The maximum absolute atomic E-state index is 13.0. The van der Waals surface area contributed by atoms with Crippen LogP contribution in [0.2, 0.25) is 0 Å². The molecule has 0 aromatic heterocycles. The van der Waals surface area contributed by atoms with Crippen molar-refractivity contribution in [2.75, 3.05) is 23.8 Å². The first-order valence-corrected chi connectivity index (χ1v) is 9.86. The Kier molecular flexibility index (Phi) is 6.21. The number of anilines is 1. The number of benzene rings is 1. The molecule has 1 aromatic carbocycles. The molecule has 1 unspecified atom stereocenters. The van der Waals surface area contributed by atoms with E-state index in [-0.39, 0.29) is 12.7 Å². The van der Waals surface area contributed by atoms with Crippen LogP contribution in [0.25, 0.3) is 0 Å². The molecule has 162 valence electrons. The summed E-state index contributed by atoms with van der Waals surface area (Å²) in [5.41, 5.74) is -3.99. The van der Waals surface area contributed by atoms with E-state index < -0.39 is 74.8 Å². The highest BCUT2D eigenvalue weighted by molar-refractivity contribution is 7.93. The van der Waals surface area contributed by atoms with Gasteiger partial charge in [0.25, 0.3) is 0 Å². The van der Waals surface area contributed by atoms with Crippen LogP contribution in [0, 0.1) is 0 Å². The Bertz CT molecular complexity index is 877. The zero-order chi connectivity index (χ0) is 22.2. The molecule has 1 fully saturated rings. The third-order valence-corrected chi connectivity index (χ3v) is 6.04. The monoisotopic (exact) mass is 447 g/mol. The molecule has 6 nitrogen and oxygen atoms in total. The third kappa shape index (κ3) is 5.19. The molecular weight excluding hydrogens is 432 g/mol. The normalized spacial score (nSPS) is 18.2. The minimum absolute atomic E-state index is 0.0982. The van der Waals surface area contributed by atoms with Crippen LogP contribution in [-0.2, 0) is 36.5 Å². The maximum Gasteiger partial charge on any atom is 0.416 e. The molecule has 0 radical (unpaired) electrons. The van der Waals surface area contributed by atoms with Crippen molar-refractivity contribution in [1.29, 1.82) is 0 Å².